The van der Waals surface area contributed by atoms with E-state index in [9.17, 15) is 18.7 Å². The fourth-order valence-electron chi connectivity index (χ4n) is 6.07. The first-order valence-corrected chi connectivity index (χ1v) is 14.8. The van der Waals surface area contributed by atoms with Crippen LogP contribution < -0.4 is 4.74 Å². The first kappa shape index (κ1) is 28.8. The summed E-state index contributed by atoms with van der Waals surface area (Å²) in [5, 5.41) is 22.8. The second-order valence-corrected chi connectivity index (χ2v) is 11.5. The topological polar surface area (TPSA) is 115 Å². The summed E-state index contributed by atoms with van der Waals surface area (Å²) in [5.41, 5.74) is 2.26. The largest absolute Gasteiger partial charge is 0.478 e. The zero-order valence-electron chi connectivity index (χ0n) is 23.7. The van der Waals surface area contributed by atoms with Gasteiger partial charge in [0.05, 0.1) is 53.1 Å². The highest BCUT2D eigenvalue weighted by atomic mass is 19.1. The third kappa shape index (κ3) is 6.39. The van der Waals surface area contributed by atoms with Crippen LogP contribution in [0.3, 0.4) is 0 Å². The predicted molar refractivity (Wildman–Crippen MR) is 153 cm³/mol. The second-order valence-electron chi connectivity index (χ2n) is 11.5. The van der Waals surface area contributed by atoms with Crippen LogP contribution in [0.4, 0.5) is 8.78 Å². The van der Waals surface area contributed by atoms with Crippen LogP contribution in [0, 0.1) is 28.9 Å². The van der Waals surface area contributed by atoms with Crippen molar-refractivity contribution in [2.75, 3.05) is 6.61 Å². The molecule has 2 fully saturated rings. The van der Waals surface area contributed by atoms with Crippen LogP contribution in [0.15, 0.2) is 42.6 Å². The first-order valence-electron chi connectivity index (χ1n) is 14.8. The van der Waals surface area contributed by atoms with Crippen molar-refractivity contribution >= 4 is 17.0 Å². The lowest BCUT2D eigenvalue weighted by Crippen LogP contribution is -2.32. The molecule has 2 aliphatic rings. The Kier molecular flexibility index (Phi) is 8.38. The number of carboxylic acid groups (broad SMARTS) is 1. The minimum Gasteiger partial charge on any atom is -0.478 e. The molecule has 224 valence electrons. The van der Waals surface area contributed by atoms with Crippen LogP contribution >= 0.6 is 0 Å². The van der Waals surface area contributed by atoms with Gasteiger partial charge in [-0.1, -0.05) is 25.3 Å². The van der Waals surface area contributed by atoms with Crippen LogP contribution in [0.1, 0.15) is 78.3 Å². The van der Waals surface area contributed by atoms with Crippen molar-refractivity contribution in [2.24, 2.45) is 5.92 Å². The van der Waals surface area contributed by atoms with Crippen LogP contribution in [0.5, 0.6) is 5.88 Å². The molecule has 0 radical (unpaired) electrons. The highest BCUT2D eigenvalue weighted by Gasteiger charge is 2.26. The third-order valence-electron chi connectivity index (χ3n) is 8.61. The number of imidazole rings is 1. The summed E-state index contributed by atoms with van der Waals surface area (Å²) in [4.78, 5) is 16.5. The van der Waals surface area contributed by atoms with Crippen molar-refractivity contribution < 1.29 is 28.2 Å². The van der Waals surface area contributed by atoms with E-state index in [0.717, 1.165) is 80.9 Å². The Morgan fingerprint density at radius 2 is 1.93 bits per heavy atom. The maximum atomic E-state index is 14.8. The fourth-order valence-corrected chi connectivity index (χ4v) is 6.07. The van der Waals surface area contributed by atoms with Gasteiger partial charge in [0.2, 0.25) is 5.82 Å². The number of ether oxygens (including phenoxy) is 2. The Balaban J connectivity index is 1.14. The molecule has 1 aliphatic heterocycles. The Bertz CT molecular complexity index is 1670. The number of hydrogen-bond donors (Lipinski definition) is 1. The van der Waals surface area contributed by atoms with Gasteiger partial charge >= 0.3 is 5.97 Å². The van der Waals surface area contributed by atoms with E-state index >= 15 is 0 Å². The SMILES string of the molecule is N#Cc1ccc(COc2nn(C3CCCCC(Cc4nc5ccc(C(=O)O)cc5n4C[C@@H]4CCO4)CC3)cc2F)c(F)c1. The molecule has 0 amide bonds. The number of aromatic nitrogens is 4. The van der Waals surface area contributed by atoms with Crippen molar-refractivity contribution in [1.29, 1.82) is 5.26 Å². The number of rotatable bonds is 9. The zero-order chi connectivity index (χ0) is 29.9. The summed E-state index contributed by atoms with van der Waals surface area (Å²) in [6, 6.07) is 11.0. The number of nitriles is 1. The lowest BCUT2D eigenvalue weighted by molar-refractivity contribution is -0.0590. The number of carboxylic acids is 1. The molecule has 1 N–H and O–H groups in total. The van der Waals surface area contributed by atoms with Crippen molar-refractivity contribution in [1.82, 2.24) is 19.3 Å². The van der Waals surface area contributed by atoms with Crippen molar-refractivity contribution in [3.05, 3.63) is 76.7 Å². The van der Waals surface area contributed by atoms with Gasteiger partial charge in [0.1, 0.15) is 18.2 Å². The Labute approximate surface area is 247 Å². The van der Waals surface area contributed by atoms with E-state index in [1.807, 2.05) is 6.07 Å². The second kappa shape index (κ2) is 12.5. The molecule has 0 bridgehead atoms. The fraction of sp³-hybridized carbons (Fsp3) is 0.438. The smallest absolute Gasteiger partial charge is 0.335 e. The number of carbonyl (C=O) groups is 1. The molecule has 1 aliphatic carbocycles. The van der Waals surface area contributed by atoms with Crippen molar-refractivity contribution in [3.63, 3.8) is 0 Å². The van der Waals surface area contributed by atoms with Gasteiger partial charge in [0, 0.05) is 18.6 Å². The highest BCUT2D eigenvalue weighted by Crippen LogP contribution is 2.33. The van der Waals surface area contributed by atoms with Gasteiger partial charge in [-0.25, -0.2) is 14.2 Å². The number of aromatic carboxylic acids is 1. The number of fused-ring (bicyclic) bond motifs is 1. The number of benzene rings is 2. The summed E-state index contributed by atoms with van der Waals surface area (Å²) in [7, 11) is 0. The molecule has 11 heteroatoms. The van der Waals surface area contributed by atoms with Crippen LogP contribution in [-0.2, 0) is 24.3 Å². The molecule has 3 atom stereocenters. The lowest BCUT2D eigenvalue weighted by Gasteiger charge is -2.28. The number of hydrogen-bond acceptors (Lipinski definition) is 6. The van der Waals surface area contributed by atoms with Gasteiger partial charge in [-0.2, -0.15) is 9.65 Å². The van der Waals surface area contributed by atoms with Gasteiger partial charge < -0.3 is 19.1 Å². The molecule has 4 aromatic rings. The Morgan fingerprint density at radius 1 is 1.09 bits per heavy atom. The average molecular weight is 590 g/mol. The standard InChI is InChI=1S/C32H33F2N5O4/c33-26-13-21(16-35)5-7-23(26)19-43-31-27(34)18-39(37-31)24-4-2-1-3-20(6-9-24)14-30-36-28-10-8-22(32(40)41)15-29(28)38(30)17-25-11-12-42-25/h5,7-8,10,13,15,18,20,24-25H,1-4,6,9,11-12,14,17,19H2,(H,40,41)/t20?,24?,25-/m0/s1. The lowest BCUT2D eigenvalue weighted by atomic mass is 9.86. The molecule has 1 saturated heterocycles. The Hall–Kier alpha value is -4.30. The van der Waals surface area contributed by atoms with Crippen molar-refractivity contribution in [3.8, 4) is 11.9 Å². The normalized spacial score (nSPS) is 20.6. The van der Waals surface area contributed by atoms with E-state index in [1.165, 1.54) is 18.3 Å². The number of nitrogens with zero attached hydrogens (tertiary/aromatic N) is 5. The summed E-state index contributed by atoms with van der Waals surface area (Å²) in [5.74, 6) is -1.02. The average Bonchev–Trinajstić information content (AvgIpc) is 3.50. The highest BCUT2D eigenvalue weighted by molar-refractivity contribution is 5.92. The first-order chi connectivity index (χ1) is 20.9. The molecular weight excluding hydrogens is 556 g/mol. The quantitative estimate of drug-likeness (QED) is 0.247. The maximum Gasteiger partial charge on any atom is 0.335 e. The molecule has 3 heterocycles. The summed E-state index contributed by atoms with van der Waals surface area (Å²) in [6.07, 6.45) is 8.82. The minimum atomic E-state index is -0.966. The van der Waals surface area contributed by atoms with E-state index in [-0.39, 0.29) is 41.3 Å². The van der Waals surface area contributed by atoms with Gasteiger partial charge in [-0.15, -0.1) is 5.10 Å². The summed E-state index contributed by atoms with van der Waals surface area (Å²) >= 11 is 0. The van der Waals surface area contributed by atoms with E-state index in [2.05, 4.69) is 9.67 Å². The molecule has 1 saturated carbocycles. The number of halogens is 2. The third-order valence-corrected chi connectivity index (χ3v) is 8.61. The van der Waals surface area contributed by atoms with Crippen molar-refractivity contribution in [2.45, 2.75) is 76.7 Å². The molecule has 0 spiro atoms. The van der Waals surface area contributed by atoms with Crippen LogP contribution in [0.2, 0.25) is 0 Å². The molecular formula is C32H33F2N5O4. The summed E-state index contributed by atoms with van der Waals surface area (Å²) in [6.45, 7) is 1.19. The van der Waals surface area contributed by atoms with E-state index in [4.69, 9.17) is 19.7 Å². The van der Waals surface area contributed by atoms with Gasteiger partial charge in [0.15, 0.2) is 0 Å². The van der Waals surface area contributed by atoms with E-state index in [1.54, 1.807) is 22.9 Å². The zero-order valence-corrected chi connectivity index (χ0v) is 23.7. The molecule has 2 aromatic heterocycles. The van der Waals surface area contributed by atoms with Gasteiger partial charge in [-0.05, 0) is 61.9 Å². The molecule has 9 nitrogen and oxygen atoms in total. The predicted octanol–water partition coefficient (Wildman–Crippen LogP) is 6.20. The van der Waals surface area contributed by atoms with E-state index < -0.39 is 17.6 Å². The van der Waals surface area contributed by atoms with Crippen LogP contribution in [-0.4, -0.2) is 43.1 Å². The molecule has 43 heavy (non-hydrogen) atoms. The molecule has 6 rings (SSSR count). The Morgan fingerprint density at radius 3 is 2.67 bits per heavy atom. The van der Waals surface area contributed by atoms with E-state index in [0.29, 0.717) is 12.5 Å². The van der Waals surface area contributed by atoms with Gasteiger partial charge in [0.25, 0.3) is 5.88 Å². The van der Waals surface area contributed by atoms with Gasteiger partial charge in [-0.3, -0.25) is 4.68 Å². The summed E-state index contributed by atoms with van der Waals surface area (Å²) < 4.78 is 44.0. The minimum absolute atomic E-state index is 0.00150. The molecule has 2 unspecified atom stereocenters. The molecule has 2 aromatic carbocycles. The van der Waals surface area contributed by atoms with Crippen LogP contribution in [0.25, 0.3) is 11.0 Å². The monoisotopic (exact) mass is 589 g/mol. The maximum absolute atomic E-state index is 14.8.